The number of hydrogen-bond acceptors (Lipinski definition) is 5. The molecule has 0 atom stereocenters. The van der Waals surface area contributed by atoms with Gasteiger partial charge in [0.2, 0.25) is 0 Å². The van der Waals surface area contributed by atoms with Crippen molar-refractivity contribution in [3.8, 4) is 0 Å². The molecule has 0 bridgehead atoms. The van der Waals surface area contributed by atoms with E-state index in [1.165, 1.54) is 24.3 Å². The van der Waals surface area contributed by atoms with Gasteiger partial charge in [-0.1, -0.05) is 32.9 Å². The SMILES string of the molecule is CC(C)(C)c1ccc(S(=O)(=O)C(=CNc2ccc(F)cc2)[N+](=O)[O-])cc1. The molecular weight excluding hydrogens is 359 g/mol. The molecule has 138 valence electrons. The van der Waals surface area contributed by atoms with E-state index in [0.29, 0.717) is 5.69 Å². The highest BCUT2D eigenvalue weighted by molar-refractivity contribution is 7.95. The van der Waals surface area contributed by atoms with Gasteiger partial charge in [0, 0.05) is 5.69 Å². The van der Waals surface area contributed by atoms with Crippen molar-refractivity contribution in [3.05, 3.63) is 81.3 Å². The molecule has 0 unspecified atom stereocenters. The Balaban J connectivity index is 2.37. The first-order valence-corrected chi connectivity index (χ1v) is 9.22. The van der Waals surface area contributed by atoms with Crippen LogP contribution < -0.4 is 5.32 Å². The molecule has 0 aliphatic rings. The summed E-state index contributed by atoms with van der Waals surface area (Å²) < 4.78 is 38.1. The maximum atomic E-state index is 12.9. The molecular formula is C18H19FN2O4S. The van der Waals surface area contributed by atoms with Crippen LogP contribution in [-0.4, -0.2) is 13.3 Å². The third-order valence-electron chi connectivity index (χ3n) is 3.69. The van der Waals surface area contributed by atoms with Crippen molar-refractivity contribution in [1.29, 1.82) is 0 Å². The van der Waals surface area contributed by atoms with Gasteiger partial charge in [-0.25, -0.2) is 12.8 Å². The molecule has 0 aliphatic carbocycles. The highest BCUT2D eigenvalue weighted by atomic mass is 32.2. The summed E-state index contributed by atoms with van der Waals surface area (Å²) in [5, 5.41) is 12.8. The van der Waals surface area contributed by atoms with Crippen molar-refractivity contribution in [2.45, 2.75) is 31.1 Å². The number of rotatable bonds is 5. The van der Waals surface area contributed by atoms with E-state index in [2.05, 4.69) is 5.32 Å². The second-order valence-corrected chi connectivity index (χ2v) is 8.57. The molecule has 0 aromatic heterocycles. The smallest absolute Gasteiger partial charge is 0.355 e. The molecule has 0 radical (unpaired) electrons. The van der Waals surface area contributed by atoms with Gasteiger partial charge in [-0.3, -0.25) is 10.1 Å². The maximum Gasteiger partial charge on any atom is 0.379 e. The number of halogens is 1. The van der Waals surface area contributed by atoms with Crippen molar-refractivity contribution < 1.29 is 17.7 Å². The molecule has 0 saturated heterocycles. The van der Waals surface area contributed by atoms with Gasteiger partial charge in [0.25, 0.3) is 9.84 Å². The zero-order chi connectivity index (χ0) is 19.5. The Labute approximate surface area is 151 Å². The molecule has 0 aliphatic heterocycles. The summed E-state index contributed by atoms with van der Waals surface area (Å²) in [6.07, 6.45) is 0.792. The number of hydrogen-bond donors (Lipinski definition) is 1. The second-order valence-electron chi connectivity index (χ2n) is 6.67. The first-order chi connectivity index (χ1) is 12.0. The van der Waals surface area contributed by atoms with Crippen molar-refractivity contribution in [2.24, 2.45) is 0 Å². The lowest BCUT2D eigenvalue weighted by Gasteiger charge is -2.18. The van der Waals surface area contributed by atoms with Gasteiger partial charge in [0.05, 0.1) is 16.0 Å². The topological polar surface area (TPSA) is 89.3 Å². The fraction of sp³-hybridized carbons (Fsp3) is 0.222. The zero-order valence-corrected chi connectivity index (χ0v) is 15.4. The lowest BCUT2D eigenvalue weighted by Crippen LogP contribution is -2.15. The van der Waals surface area contributed by atoms with Crippen LogP contribution in [0, 0.1) is 15.9 Å². The van der Waals surface area contributed by atoms with Crippen LogP contribution in [-0.2, 0) is 15.3 Å². The van der Waals surface area contributed by atoms with E-state index in [4.69, 9.17) is 0 Å². The van der Waals surface area contributed by atoms with Crippen LogP contribution in [0.25, 0.3) is 0 Å². The highest BCUT2D eigenvalue weighted by Crippen LogP contribution is 2.26. The lowest BCUT2D eigenvalue weighted by molar-refractivity contribution is -0.411. The Bertz CT molecular complexity index is 929. The number of nitrogens with zero attached hydrogens (tertiary/aromatic N) is 1. The van der Waals surface area contributed by atoms with Crippen molar-refractivity contribution in [2.75, 3.05) is 5.32 Å². The third-order valence-corrected chi connectivity index (χ3v) is 5.40. The van der Waals surface area contributed by atoms with Gasteiger partial charge in [0.15, 0.2) is 0 Å². The zero-order valence-electron chi connectivity index (χ0n) is 14.6. The van der Waals surface area contributed by atoms with Crippen LogP contribution in [0.3, 0.4) is 0 Å². The number of nitrogens with one attached hydrogen (secondary N) is 1. The largest absolute Gasteiger partial charge is 0.379 e. The summed E-state index contributed by atoms with van der Waals surface area (Å²) in [4.78, 5) is 10.1. The standard InChI is InChI=1S/C18H19FN2O4S/c1-18(2,3)13-4-10-16(11-5-13)26(24,25)17(21(22)23)12-20-15-8-6-14(19)7-9-15/h4-12,20H,1-3H3. The van der Waals surface area contributed by atoms with E-state index in [-0.39, 0.29) is 10.3 Å². The van der Waals surface area contributed by atoms with Gasteiger partial charge in [0.1, 0.15) is 5.82 Å². The van der Waals surface area contributed by atoms with E-state index >= 15 is 0 Å². The number of nitro groups is 1. The maximum absolute atomic E-state index is 12.9. The van der Waals surface area contributed by atoms with Crippen LogP contribution in [0.1, 0.15) is 26.3 Å². The second kappa shape index (κ2) is 7.25. The summed E-state index contributed by atoms with van der Waals surface area (Å²) in [5.41, 5.74) is 1.06. The Morgan fingerprint density at radius 3 is 2.08 bits per heavy atom. The van der Waals surface area contributed by atoms with Gasteiger partial charge in [-0.15, -0.1) is 0 Å². The predicted octanol–water partition coefficient (Wildman–Crippen LogP) is 4.08. The quantitative estimate of drug-likeness (QED) is 0.625. The Hall–Kier alpha value is -2.74. The summed E-state index contributed by atoms with van der Waals surface area (Å²) in [6, 6.07) is 11.0. The van der Waals surface area contributed by atoms with E-state index in [1.807, 2.05) is 20.8 Å². The molecule has 0 saturated carbocycles. The van der Waals surface area contributed by atoms with Crippen molar-refractivity contribution in [1.82, 2.24) is 0 Å². The van der Waals surface area contributed by atoms with Crippen molar-refractivity contribution in [3.63, 3.8) is 0 Å². The van der Waals surface area contributed by atoms with Gasteiger partial charge < -0.3 is 5.32 Å². The lowest BCUT2D eigenvalue weighted by atomic mass is 9.87. The first-order valence-electron chi connectivity index (χ1n) is 7.74. The van der Waals surface area contributed by atoms with E-state index in [0.717, 1.165) is 23.9 Å². The highest BCUT2D eigenvalue weighted by Gasteiger charge is 2.31. The molecule has 1 N–H and O–H groups in total. The minimum atomic E-state index is -4.32. The summed E-state index contributed by atoms with van der Waals surface area (Å²) >= 11 is 0. The molecule has 0 spiro atoms. The van der Waals surface area contributed by atoms with E-state index < -0.39 is 25.6 Å². The van der Waals surface area contributed by atoms with Crippen LogP contribution in [0.15, 0.2) is 64.7 Å². The Morgan fingerprint density at radius 2 is 1.62 bits per heavy atom. The average Bonchev–Trinajstić information content (AvgIpc) is 2.55. The Morgan fingerprint density at radius 1 is 1.08 bits per heavy atom. The number of benzene rings is 2. The summed E-state index contributed by atoms with van der Waals surface area (Å²) in [5.74, 6) is -0.472. The predicted molar refractivity (Wildman–Crippen MR) is 97.4 cm³/mol. The molecule has 0 amide bonds. The third kappa shape index (κ3) is 4.45. The normalized spacial score (nSPS) is 12.7. The average molecular weight is 378 g/mol. The number of sulfone groups is 1. The minimum absolute atomic E-state index is 0.172. The van der Waals surface area contributed by atoms with Crippen LogP contribution >= 0.6 is 0 Å². The minimum Gasteiger partial charge on any atom is -0.355 e. The molecule has 2 aromatic rings. The monoisotopic (exact) mass is 378 g/mol. The molecule has 26 heavy (non-hydrogen) atoms. The number of anilines is 1. The summed E-state index contributed by atoms with van der Waals surface area (Å²) in [7, 11) is -4.32. The van der Waals surface area contributed by atoms with Crippen LogP contribution in [0.2, 0.25) is 0 Å². The van der Waals surface area contributed by atoms with Crippen LogP contribution in [0.5, 0.6) is 0 Å². The molecule has 2 rings (SSSR count). The first kappa shape index (κ1) is 19.6. The molecule has 0 heterocycles. The van der Waals surface area contributed by atoms with Gasteiger partial charge >= 0.3 is 5.03 Å². The van der Waals surface area contributed by atoms with Gasteiger partial charge in [-0.2, -0.15) is 0 Å². The van der Waals surface area contributed by atoms with Crippen LogP contribution in [0.4, 0.5) is 10.1 Å². The van der Waals surface area contributed by atoms with E-state index in [1.54, 1.807) is 12.1 Å². The molecule has 0 fully saturated rings. The van der Waals surface area contributed by atoms with E-state index in [9.17, 15) is 22.9 Å². The Kier molecular flexibility index (Phi) is 5.46. The molecule has 6 nitrogen and oxygen atoms in total. The molecule has 2 aromatic carbocycles. The van der Waals surface area contributed by atoms with Crippen molar-refractivity contribution >= 4 is 15.5 Å². The fourth-order valence-corrected chi connectivity index (χ4v) is 3.32. The fourth-order valence-electron chi connectivity index (χ4n) is 2.17. The molecule has 8 heteroatoms. The van der Waals surface area contributed by atoms with Gasteiger partial charge in [-0.05, 0) is 47.4 Å². The summed E-state index contributed by atoms with van der Waals surface area (Å²) in [6.45, 7) is 5.93.